The maximum atomic E-state index is 13.4. The van der Waals surface area contributed by atoms with Gasteiger partial charge >= 0.3 is 0 Å². The van der Waals surface area contributed by atoms with Gasteiger partial charge in [-0.05, 0) is 60.9 Å². The zero-order chi connectivity index (χ0) is 20.9. The largest absolute Gasteiger partial charge is 0.394 e. The zero-order valence-corrected chi connectivity index (χ0v) is 18.0. The van der Waals surface area contributed by atoms with Crippen LogP contribution in [0.15, 0.2) is 41.8 Å². The summed E-state index contributed by atoms with van der Waals surface area (Å²) in [5, 5.41) is 13.5. The molecule has 1 aliphatic carbocycles. The van der Waals surface area contributed by atoms with E-state index in [9.17, 15) is 13.5 Å². The second-order valence-electron chi connectivity index (χ2n) is 8.60. The number of anilines is 1. The molecule has 3 atom stereocenters. The Morgan fingerprint density at radius 1 is 1.30 bits per heavy atom. The number of rotatable bonds is 4. The fourth-order valence-electron chi connectivity index (χ4n) is 5.23. The Morgan fingerprint density at radius 3 is 2.87 bits per heavy atom. The molecule has 5 rings (SSSR count). The van der Waals surface area contributed by atoms with Crippen molar-refractivity contribution in [1.82, 2.24) is 13.9 Å². The molecule has 0 bridgehead atoms. The van der Waals surface area contributed by atoms with E-state index in [4.69, 9.17) is 0 Å². The van der Waals surface area contributed by atoms with Crippen LogP contribution in [0.25, 0.3) is 5.57 Å². The normalized spacial score (nSPS) is 26.6. The lowest BCUT2D eigenvalue weighted by Gasteiger charge is -2.39. The molecule has 7 nitrogen and oxygen atoms in total. The Kier molecular flexibility index (Phi) is 4.95. The molecule has 0 spiro atoms. The third-order valence-electron chi connectivity index (χ3n) is 6.74. The van der Waals surface area contributed by atoms with Crippen molar-refractivity contribution in [3.63, 3.8) is 0 Å². The van der Waals surface area contributed by atoms with Gasteiger partial charge in [-0.15, -0.1) is 0 Å². The smallest absolute Gasteiger partial charge is 0.262 e. The molecule has 0 amide bonds. The molecule has 8 heteroatoms. The Morgan fingerprint density at radius 2 is 2.17 bits per heavy atom. The van der Waals surface area contributed by atoms with E-state index in [2.05, 4.69) is 28.5 Å². The molecule has 2 N–H and O–H groups in total. The number of nitrogens with one attached hydrogen (secondary N) is 1. The van der Waals surface area contributed by atoms with Gasteiger partial charge in [0.05, 0.1) is 25.0 Å². The molecule has 2 aromatic rings. The van der Waals surface area contributed by atoms with Crippen LogP contribution in [-0.4, -0.2) is 46.6 Å². The highest BCUT2D eigenvalue weighted by molar-refractivity contribution is 7.89. The number of hydrogen-bond donors (Lipinski definition) is 2. The molecule has 2 aliphatic heterocycles. The number of allylic oxidation sites excluding steroid dienone is 2. The molecule has 30 heavy (non-hydrogen) atoms. The van der Waals surface area contributed by atoms with Crippen LogP contribution < -0.4 is 5.32 Å². The number of nitrogens with zero attached hydrogens (tertiary/aromatic N) is 3. The summed E-state index contributed by atoms with van der Waals surface area (Å²) in [4.78, 5) is 4.12. The average molecular weight is 429 g/mol. The summed E-state index contributed by atoms with van der Waals surface area (Å²) in [5.74, 6) is 0.0246. The Balaban J connectivity index is 1.59. The minimum atomic E-state index is -3.72. The zero-order valence-electron chi connectivity index (χ0n) is 17.2. The number of aliphatic hydroxyl groups is 1. The quantitative estimate of drug-likeness (QED) is 0.782. The average Bonchev–Trinajstić information content (AvgIpc) is 3.41. The van der Waals surface area contributed by atoms with Crippen molar-refractivity contribution in [2.45, 2.75) is 49.2 Å². The predicted octanol–water partition coefficient (Wildman–Crippen LogP) is 2.92. The van der Waals surface area contributed by atoms with Crippen LogP contribution in [0.5, 0.6) is 0 Å². The first-order valence-corrected chi connectivity index (χ1v) is 12.1. The molecule has 0 unspecified atom stereocenters. The van der Waals surface area contributed by atoms with Gasteiger partial charge in [-0.3, -0.25) is 0 Å². The summed E-state index contributed by atoms with van der Waals surface area (Å²) in [6, 6.07) is 5.87. The van der Waals surface area contributed by atoms with Crippen LogP contribution >= 0.6 is 0 Å². The molecular formula is C22H28N4O3S. The Bertz CT molecular complexity index is 1090. The van der Waals surface area contributed by atoms with Crippen LogP contribution in [0.3, 0.4) is 0 Å². The monoisotopic (exact) mass is 428 g/mol. The molecule has 0 saturated carbocycles. The minimum Gasteiger partial charge on any atom is -0.394 e. The fourth-order valence-corrected chi connectivity index (χ4v) is 6.87. The van der Waals surface area contributed by atoms with E-state index in [1.807, 2.05) is 6.07 Å². The van der Waals surface area contributed by atoms with E-state index >= 15 is 0 Å². The third kappa shape index (κ3) is 3.18. The summed E-state index contributed by atoms with van der Waals surface area (Å²) < 4.78 is 30.2. The predicted molar refractivity (Wildman–Crippen MR) is 115 cm³/mol. The number of fused-ring (bicyclic) bond motifs is 3. The van der Waals surface area contributed by atoms with Crippen LogP contribution in [0.2, 0.25) is 0 Å². The van der Waals surface area contributed by atoms with Gasteiger partial charge in [-0.25, -0.2) is 13.4 Å². The first kappa shape index (κ1) is 19.8. The van der Waals surface area contributed by atoms with Gasteiger partial charge in [-0.2, -0.15) is 4.31 Å². The first-order chi connectivity index (χ1) is 14.5. The number of imidazole rings is 1. The van der Waals surface area contributed by atoms with Gasteiger partial charge in [0.15, 0.2) is 5.03 Å². The van der Waals surface area contributed by atoms with E-state index in [1.54, 1.807) is 22.1 Å². The standard InChI is InChI=1S/C22H28N4O3S/c1-25-12-21(23-14-25)30(28,29)26-10-9-17-20(13-27)24-19-8-7-16(11-18(19)22(17)26)15-5-3-2-4-6-15/h5,7-8,11-12,14,17,20,22,24,27H,2-4,6,9-10,13H2,1H3/t17-,20-,22-/m1/s1. The van der Waals surface area contributed by atoms with E-state index in [0.717, 1.165) is 24.1 Å². The van der Waals surface area contributed by atoms with Gasteiger partial charge in [-0.1, -0.05) is 12.1 Å². The topological polar surface area (TPSA) is 87.5 Å². The maximum absolute atomic E-state index is 13.4. The van der Waals surface area contributed by atoms with Crippen molar-refractivity contribution in [2.24, 2.45) is 13.0 Å². The van der Waals surface area contributed by atoms with Crippen molar-refractivity contribution < 1.29 is 13.5 Å². The van der Waals surface area contributed by atoms with Crippen LogP contribution in [-0.2, 0) is 17.1 Å². The second kappa shape index (κ2) is 7.51. The van der Waals surface area contributed by atoms with Gasteiger partial charge < -0.3 is 15.0 Å². The molecule has 1 saturated heterocycles. The van der Waals surface area contributed by atoms with Gasteiger partial charge in [0.2, 0.25) is 0 Å². The number of benzene rings is 1. The fraction of sp³-hybridized carbons (Fsp3) is 0.500. The van der Waals surface area contributed by atoms with E-state index in [0.29, 0.717) is 13.0 Å². The van der Waals surface area contributed by atoms with Crippen LogP contribution in [0.1, 0.15) is 49.3 Å². The number of aromatic nitrogens is 2. The van der Waals surface area contributed by atoms with Crippen molar-refractivity contribution >= 4 is 21.3 Å². The lowest BCUT2D eigenvalue weighted by molar-refractivity contribution is 0.210. The Hall–Kier alpha value is -2.16. The van der Waals surface area contributed by atoms with Crippen molar-refractivity contribution in [3.8, 4) is 0 Å². The third-order valence-corrected chi connectivity index (χ3v) is 8.51. The molecule has 160 valence electrons. The highest BCUT2D eigenvalue weighted by atomic mass is 32.2. The highest BCUT2D eigenvalue weighted by Gasteiger charge is 2.49. The van der Waals surface area contributed by atoms with Crippen molar-refractivity contribution in [2.75, 3.05) is 18.5 Å². The highest BCUT2D eigenvalue weighted by Crippen LogP contribution is 2.49. The minimum absolute atomic E-state index is 0.0228. The molecule has 3 aliphatic rings. The SMILES string of the molecule is Cn1cnc(S(=O)(=O)N2CC[C@@H]3[C@@H](CO)Nc4ccc(C5=CCCCC5)cc4[C@@H]32)c1. The van der Waals surface area contributed by atoms with Crippen molar-refractivity contribution in [3.05, 3.63) is 47.9 Å². The van der Waals surface area contributed by atoms with Crippen LogP contribution in [0.4, 0.5) is 5.69 Å². The first-order valence-electron chi connectivity index (χ1n) is 10.7. The van der Waals surface area contributed by atoms with E-state index in [-0.39, 0.29) is 29.6 Å². The number of hydrogen-bond acceptors (Lipinski definition) is 5. The van der Waals surface area contributed by atoms with Gasteiger partial charge in [0, 0.05) is 31.4 Å². The van der Waals surface area contributed by atoms with Crippen LogP contribution in [0, 0.1) is 5.92 Å². The Labute approximate surface area is 177 Å². The van der Waals surface area contributed by atoms with Crippen molar-refractivity contribution in [1.29, 1.82) is 0 Å². The van der Waals surface area contributed by atoms with Gasteiger partial charge in [0.25, 0.3) is 10.0 Å². The molecular weight excluding hydrogens is 400 g/mol. The summed E-state index contributed by atoms with van der Waals surface area (Å²) in [6.07, 6.45) is 10.7. The molecule has 3 heterocycles. The lowest BCUT2D eigenvalue weighted by atomic mass is 9.82. The summed E-state index contributed by atoms with van der Waals surface area (Å²) in [5.41, 5.74) is 4.45. The van der Waals surface area contributed by atoms with E-state index in [1.165, 1.54) is 30.3 Å². The lowest BCUT2D eigenvalue weighted by Crippen LogP contribution is -2.42. The molecule has 1 fully saturated rings. The number of aryl methyl sites for hydroxylation is 1. The van der Waals surface area contributed by atoms with E-state index < -0.39 is 10.0 Å². The molecule has 0 radical (unpaired) electrons. The number of aliphatic hydroxyl groups excluding tert-OH is 1. The van der Waals surface area contributed by atoms with Gasteiger partial charge in [0.1, 0.15) is 0 Å². The number of sulfonamides is 1. The molecule has 1 aromatic carbocycles. The summed E-state index contributed by atoms with van der Waals surface area (Å²) in [7, 11) is -1.95. The second-order valence-corrected chi connectivity index (χ2v) is 10.4. The summed E-state index contributed by atoms with van der Waals surface area (Å²) >= 11 is 0. The molecule has 1 aromatic heterocycles. The maximum Gasteiger partial charge on any atom is 0.262 e. The summed E-state index contributed by atoms with van der Waals surface area (Å²) in [6.45, 7) is 0.407.